The molecule has 6 heteroatoms. The Morgan fingerprint density at radius 3 is 2.50 bits per heavy atom. The van der Waals surface area contributed by atoms with Gasteiger partial charge in [0.1, 0.15) is 4.90 Å². The minimum atomic E-state index is -3.52. The van der Waals surface area contributed by atoms with E-state index in [0.29, 0.717) is 11.7 Å². The molecule has 1 aliphatic rings. The molecular weight excluding hydrogens is 252 g/mol. The van der Waals surface area contributed by atoms with Crippen LogP contribution >= 0.6 is 0 Å². The highest BCUT2D eigenvalue weighted by Gasteiger charge is 2.29. The molecule has 2 rings (SSSR count). The molecule has 0 bridgehead atoms. The van der Waals surface area contributed by atoms with E-state index in [9.17, 15) is 13.5 Å². The highest BCUT2D eigenvalue weighted by Crippen LogP contribution is 2.37. The highest BCUT2D eigenvalue weighted by molar-refractivity contribution is 7.89. The van der Waals surface area contributed by atoms with Crippen LogP contribution in [0.25, 0.3) is 0 Å². The average Bonchev–Trinajstić information content (AvgIpc) is 2.93. The molecular formula is C12H20N2O3S. The molecule has 0 aliphatic heterocycles. The minimum Gasteiger partial charge on any atom is -0.390 e. The molecule has 0 atom stereocenters. The molecule has 0 amide bonds. The minimum absolute atomic E-state index is 0.137. The molecule has 18 heavy (non-hydrogen) atoms. The zero-order valence-corrected chi connectivity index (χ0v) is 11.8. The van der Waals surface area contributed by atoms with Gasteiger partial charge in [0, 0.05) is 23.5 Å². The van der Waals surface area contributed by atoms with Crippen molar-refractivity contribution in [2.75, 3.05) is 0 Å². The summed E-state index contributed by atoms with van der Waals surface area (Å²) in [7, 11) is -3.52. The van der Waals surface area contributed by atoms with Gasteiger partial charge in [-0.25, -0.2) is 13.1 Å². The fourth-order valence-electron chi connectivity index (χ4n) is 1.92. The first-order valence-corrected chi connectivity index (χ1v) is 7.57. The summed E-state index contributed by atoms with van der Waals surface area (Å²) in [6, 6.07) is 1.90. The number of aliphatic hydroxyl groups is 1. The van der Waals surface area contributed by atoms with E-state index in [-0.39, 0.29) is 11.5 Å². The molecule has 1 aromatic heterocycles. The van der Waals surface area contributed by atoms with Gasteiger partial charge in [0.05, 0.1) is 6.61 Å². The molecule has 102 valence electrons. The maximum atomic E-state index is 12.2. The molecule has 0 aromatic carbocycles. The molecule has 1 aromatic rings. The predicted octanol–water partition coefficient (Wildman–Crippen LogP) is 1.39. The van der Waals surface area contributed by atoms with Crippen molar-refractivity contribution in [1.29, 1.82) is 0 Å². The second kappa shape index (κ2) is 4.36. The van der Waals surface area contributed by atoms with E-state index in [4.69, 9.17) is 0 Å². The number of nitrogens with zero attached hydrogens (tertiary/aromatic N) is 1. The van der Waals surface area contributed by atoms with Crippen LogP contribution in [0.1, 0.15) is 45.3 Å². The standard InChI is InChI=1S/C12H20N2O3S/c1-12(2,3)13-18(16,17)11-6-10(8-15)14(7-11)9-4-5-9/h6-7,9,13,15H,4-5,8H2,1-3H3. The Bertz CT molecular complexity index is 536. The lowest BCUT2D eigenvalue weighted by Crippen LogP contribution is -2.40. The predicted molar refractivity (Wildman–Crippen MR) is 68.7 cm³/mol. The van der Waals surface area contributed by atoms with Crippen LogP contribution < -0.4 is 4.72 Å². The van der Waals surface area contributed by atoms with E-state index >= 15 is 0 Å². The second-order valence-corrected chi connectivity index (χ2v) is 7.50. The maximum absolute atomic E-state index is 12.2. The molecule has 1 aliphatic carbocycles. The topological polar surface area (TPSA) is 71.3 Å². The van der Waals surface area contributed by atoms with E-state index < -0.39 is 15.6 Å². The Morgan fingerprint density at radius 1 is 1.44 bits per heavy atom. The van der Waals surface area contributed by atoms with Crippen LogP contribution in [0.3, 0.4) is 0 Å². The first-order chi connectivity index (χ1) is 8.23. The monoisotopic (exact) mass is 272 g/mol. The number of aliphatic hydroxyl groups excluding tert-OH is 1. The molecule has 1 heterocycles. The van der Waals surface area contributed by atoms with Crippen molar-refractivity contribution >= 4 is 10.0 Å². The Morgan fingerprint density at radius 2 is 2.06 bits per heavy atom. The van der Waals surface area contributed by atoms with Crippen molar-refractivity contribution < 1.29 is 13.5 Å². The number of aromatic nitrogens is 1. The lowest BCUT2D eigenvalue weighted by atomic mass is 10.1. The van der Waals surface area contributed by atoms with Crippen LogP contribution in [0.4, 0.5) is 0 Å². The quantitative estimate of drug-likeness (QED) is 0.870. The van der Waals surface area contributed by atoms with E-state index in [0.717, 1.165) is 12.8 Å². The molecule has 0 spiro atoms. The van der Waals surface area contributed by atoms with Gasteiger partial charge in [-0.1, -0.05) is 0 Å². The number of hydrogen-bond acceptors (Lipinski definition) is 3. The summed E-state index contributed by atoms with van der Waals surface area (Å²) in [5.41, 5.74) is 0.145. The van der Waals surface area contributed by atoms with Crippen LogP contribution in [0.2, 0.25) is 0 Å². The fraction of sp³-hybridized carbons (Fsp3) is 0.667. The normalized spacial score (nSPS) is 17.1. The van der Waals surface area contributed by atoms with Gasteiger partial charge in [-0.15, -0.1) is 0 Å². The zero-order chi connectivity index (χ0) is 13.6. The van der Waals surface area contributed by atoms with E-state index in [1.807, 2.05) is 4.57 Å². The van der Waals surface area contributed by atoms with Crippen LogP contribution in [-0.4, -0.2) is 23.6 Å². The Labute approximate surface area is 108 Å². The van der Waals surface area contributed by atoms with Gasteiger partial charge in [0.2, 0.25) is 10.0 Å². The van der Waals surface area contributed by atoms with E-state index in [2.05, 4.69) is 4.72 Å². The fourth-order valence-corrected chi connectivity index (χ4v) is 3.39. The van der Waals surface area contributed by atoms with Crippen LogP contribution in [0, 0.1) is 0 Å². The van der Waals surface area contributed by atoms with Gasteiger partial charge in [-0.05, 0) is 39.7 Å². The lowest BCUT2D eigenvalue weighted by molar-refractivity contribution is 0.270. The third-order valence-electron chi connectivity index (χ3n) is 2.76. The number of sulfonamides is 1. The number of hydrogen-bond donors (Lipinski definition) is 2. The first kappa shape index (κ1) is 13.6. The third-order valence-corrected chi connectivity index (χ3v) is 4.48. The summed E-state index contributed by atoms with van der Waals surface area (Å²) in [4.78, 5) is 0.230. The molecule has 1 fully saturated rings. The highest BCUT2D eigenvalue weighted by atomic mass is 32.2. The molecule has 5 nitrogen and oxygen atoms in total. The van der Waals surface area contributed by atoms with Gasteiger partial charge >= 0.3 is 0 Å². The van der Waals surface area contributed by atoms with Gasteiger partial charge in [0.25, 0.3) is 0 Å². The Kier molecular flexibility index (Phi) is 3.29. The molecule has 0 radical (unpaired) electrons. The van der Waals surface area contributed by atoms with Gasteiger partial charge in [0.15, 0.2) is 0 Å². The van der Waals surface area contributed by atoms with E-state index in [1.165, 1.54) is 0 Å². The zero-order valence-electron chi connectivity index (χ0n) is 11.0. The summed E-state index contributed by atoms with van der Waals surface area (Å²) in [6.45, 7) is 5.27. The first-order valence-electron chi connectivity index (χ1n) is 6.08. The number of rotatable bonds is 4. The Hall–Kier alpha value is -0.850. The third kappa shape index (κ3) is 2.93. The summed E-state index contributed by atoms with van der Waals surface area (Å²) in [5, 5.41) is 9.27. The van der Waals surface area contributed by atoms with Crippen LogP contribution in [0.15, 0.2) is 17.2 Å². The van der Waals surface area contributed by atoms with E-state index in [1.54, 1.807) is 33.0 Å². The summed E-state index contributed by atoms with van der Waals surface area (Å²) in [5.74, 6) is 0. The summed E-state index contributed by atoms with van der Waals surface area (Å²) in [6.07, 6.45) is 3.72. The average molecular weight is 272 g/mol. The van der Waals surface area contributed by atoms with Crippen LogP contribution in [-0.2, 0) is 16.6 Å². The van der Waals surface area contributed by atoms with Crippen molar-refractivity contribution in [2.45, 2.75) is 56.7 Å². The summed E-state index contributed by atoms with van der Waals surface area (Å²) >= 11 is 0. The van der Waals surface area contributed by atoms with Crippen molar-refractivity contribution in [1.82, 2.24) is 9.29 Å². The Balaban J connectivity index is 2.33. The smallest absolute Gasteiger partial charge is 0.242 e. The van der Waals surface area contributed by atoms with Crippen molar-refractivity contribution in [3.63, 3.8) is 0 Å². The van der Waals surface area contributed by atoms with Crippen molar-refractivity contribution in [2.24, 2.45) is 0 Å². The summed E-state index contributed by atoms with van der Waals surface area (Å²) < 4.78 is 28.8. The SMILES string of the molecule is CC(C)(C)NS(=O)(=O)c1cc(CO)n(C2CC2)c1. The second-order valence-electron chi connectivity index (χ2n) is 5.82. The number of nitrogens with one attached hydrogen (secondary N) is 1. The van der Waals surface area contributed by atoms with Gasteiger partial charge < -0.3 is 9.67 Å². The van der Waals surface area contributed by atoms with Crippen LogP contribution in [0.5, 0.6) is 0 Å². The lowest BCUT2D eigenvalue weighted by Gasteiger charge is -2.19. The largest absolute Gasteiger partial charge is 0.390 e. The van der Waals surface area contributed by atoms with Gasteiger partial charge in [-0.3, -0.25) is 0 Å². The van der Waals surface area contributed by atoms with Gasteiger partial charge in [-0.2, -0.15) is 0 Å². The maximum Gasteiger partial charge on any atom is 0.242 e. The molecule has 0 saturated heterocycles. The molecule has 0 unspecified atom stereocenters. The van der Waals surface area contributed by atoms with Crippen molar-refractivity contribution in [3.05, 3.63) is 18.0 Å². The molecule has 2 N–H and O–H groups in total. The molecule has 1 saturated carbocycles. The van der Waals surface area contributed by atoms with Crippen molar-refractivity contribution in [3.8, 4) is 0 Å².